The monoisotopic (exact) mass is 272 g/mol. The minimum absolute atomic E-state index is 0.0237. The number of hydrogen-bond acceptors (Lipinski definition) is 7. The van der Waals surface area contributed by atoms with Crippen molar-refractivity contribution < 1.29 is 13.2 Å². The van der Waals surface area contributed by atoms with Gasteiger partial charge in [0.25, 0.3) is 0 Å². The summed E-state index contributed by atoms with van der Waals surface area (Å²) in [6.07, 6.45) is -0.177. The van der Waals surface area contributed by atoms with Gasteiger partial charge in [0.15, 0.2) is 0 Å². The first-order valence-corrected chi connectivity index (χ1v) is 6.68. The maximum absolute atomic E-state index is 11.7. The van der Waals surface area contributed by atoms with Crippen molar-refractivity contribution in [3.8, 4) is 0 Å². The number of rotatable bonds is 2. The molecule has 1 aliphatic heterocycles. The van der Waals surface area contributed by atoms with Crippen LogP contribution in [-0.4, -0.2) is 41.1 Å². The molecular weight excluding hydrogens is 260 g/mol. The molecule has 98 valence electrons. The highest BCUT2D eigenvalue weighted by atomic mass is 32.2. The highest BCUT2D eigenvalue weighted by molar-refractivity contribution is 7.89. The Hall–Kier alpha value is -1.81. The van der Waals surface area contributed by atoms with Crippen LogP contribution in [0.15, 0.2) is 0 Å². The summed E-state index contributed by atoms with van der Waals surface area (Å²) in [6, 6.07) is 0. The van der Waals surface area contributed by atoms with Gasteiger partial charge in [-0.1, -0.05) is 0 Å². The van der Waals surface area contributed by atoms with Gasteiger partial charge in [0.05, 0.1) is 0 Å². The topological polar surface area (TPSA) is 145 Å². The molecule has 0 bridgehead atoms. The van der Waals surface area contributed by atoms with Crippen LogP contribution in [0.3, 0.4) is 0 Å². The van der Waals surface area contributed by atoms with Gasteiger partial charge in [-0.2, -0.15) is 15.0 Å². The van der Waals surface area contributed by atoms with Crippen molar-refractivity contribution in [2.24, 2.45) is 5.14 Å². The zero-order valence-corrected chi connectivity index (χ0v) is 10.4. The van der Waals surface area contributed by atoms with Crippen molar-refractivity contribution in [1.29, 1.82) is 0 Å². The maximum atomic E-state index is 11.7. The van der Waals surface area contributed by atoms with Crippen molar-refractivity contribution in [2.45, 2.75) is 18.6 Å². The summed E-state index contributed by atoms with van der Waals surface area (Å²) in [7, 11) is -3.76. The fourth-order valence-corrected chi connectivity index (χ4v) is 2.43. The summed E-state index contributed by atoms with van der Waals surface area (Å²) in [5.74, 6) is -0.0242. The summed E-state index contributed by atoms with van der Waals surface area (Å²) in [4.78, 5) is 24.4. The number of sulfonamides is 1. The first kappa shape index (κ1) is 12.6. The molecule has 2 rings (SSSR count). The van der Waals surface area contributed by atoms with Crippen molar-refractivity contribution in [1.82, 2.24) is 15.0 Å². The van der Waals surface area contributed by atoms with Gasteiger partial charge in [0.2, 0.25) is 27.8 Å². The number of aromatic nitrogens is 3. The minimum atomic E-state index is -3.76. The summed E-state index contributed by atoms with van der Waals surface area (Å²) >= 11 is 0. The lowest BCUT2D eigenvalue weighted by Gasteiger charge is -2.14. The molecule has 2 heterocycles. The number of hydrogen-bond donors (Lipinski definition) is 2. The smallest absolute Gasteiger partial charge is 0.237 e. The Morgan fingerprint density at radius 3 is 2.50 bits per heavy atom. The Balaban J connectivity index is 2.32. The molecule has 1 fully saturated rings. The SMILES string of the molecule is Cc1nc(N)nc(N2CC(S(N)(=O)=O)CC2=O)n1. The Kier molecular flexibility index (Phi) is 2.91. The molecule has 1 amide bonds. The fraction of sp³-hybridized carbons (Fsp3) is 0.500. The number of nitrogen functional groups attached to an aromatic ring is 1. The van der Waals surface area contributed by atoms with Crippen molar-refractivity contribution >= 4 is 27.8 Å². The lowest BCUT2D eigenvalue weighted by Crippen LogP contribution is -2.33. The molecule has 1 aromatic rings. The van der Waals surface area contributed by atoms with Gasteiger partial charge in [-0.15, -0.1) is 0 Å². The van der Waals surface area contributed by atoms with Gasteiger partial charge in [-0.05, 0) is 6.92 Å². The molecule has 18 heavy (non-hydrogen) atoms. The number of anilines is 2. The molecule has 1 saturated heterocycles. The molecule has 4 N–H and O–H groups in total. The Labute approximate surface area is 103 Å². The third-order valence-corrected chi connectivity index (χ3v) is 3.79. The Morgan fingerprint density at radius 2 is 2.00 bits per heavy atom. The van der Waals surface area contributed by atoms with E-state index in [0.29, 0.717) is 5.82 Å². The fourth-order valence-electron chi connectivity index (χ4n) is 1.70. The van der Waals surface area contributed by atoms with Gasteiger partial charge in [0, 0.05) is 13.0 Å². The third-order valence-electron chi connectivity index (χ3n) is 2.55. The van der Waals surface area contributed by atoms with E-state index >= 15 is 0 Å². The molecule has 0 aromatic carbocycles. The first-order valence-electron chi connectivity index (χ1n) is 5.07. The molecule has 9 nitrogen and oxygen atoms in total. The second kappa shape index (κ2) is 4.14. The van der Waals surface area contributed by atoms with Gasteiger partial charge < -0.3 is 5.73 Å². The van der Waals surface area contributed by atoms with Crippen LogP contribution in [0, 0.1) is 6.92 Å². The molecule has 0 aliphatic carbocycles. The van der Waals surface area contributed by atoms with E-state index in [1.54, 1.807) is 6.92 Å². The van der Waals surface area contributed by atoms with Gasteiger partial charge in [0.1, 0.15) is 11.1 Å². The molecule has 1 unspecified atom stereocenters. The van der Waals surface area contributed by atoms with Crippen LogP contribution >= 0.6 is 0 Å². The molecule has 0 spiro atoms. The normalized spacial score (nSPS) is 20.4. The van der Waals surface area contributed by atoms with Crippen LogP contribution in [0.2, 0.25) is 0 Å². The molecule has 10 heteroatoms. The van der Waals surface area contributed by atoms with Gasteiger partial charge >= 0.3 is 0 Å². The Morgan fingerprint density at radius 1 is 1.33 bits per heavy atom. The Bertz CT molecular complexity index is 581. The predicted octanol–water partition coefficient (Wildman–Crippen LogP) is -1.84. The largest absolute Gasteiger partial charge is 0.368 e. The number of carbonyl (C=O) groups is 1. The molecule has 1 aliphatic rings. The molecular formula is C8H12N6O3S. The average molecular weight is 272 g/mol. The number of nitrogens with zero attached hydrogens (tertiary/aromatic N) is 4. The van der Waals surface area contributed by atoms with Crippen molar-refractivity contribution in [2.75, 3.05) is 17.2 Å². The quantitative estimate of drug-likeness (QED) is 0.643. The second-order valence-electron chi connectivity index (χ2n) is 3.96. The zero-order chi connectivity index (χ0) is 13.5. The van der Waals surface area contributed by atoms with E-state index < -0.39 is 21.2 Å². The number of carbonyl (C=O) groups excluding carboxylic acids is 1. The summed E-state index contributed by atoms with van der Waals surface area (Å²) < 4.78 is 22.4. The maximum Gasteiger partial charge on any atom is 0.237 e. The van der Waals surface area contributed by atoms with E-state index in [-0.39, 0.29) is 24.9 Å². The van der Waals surface area contributed by atoms with Gasteiger partial charge in [-0.3, -0.25) is 9.69 Å². The van der Waals surface area contributed by atoms with E-state index in [1.165, 1.54) is 0 Å². The van der Waals surface area contributed by atoms with Crippen LogP contribution in [0.5, 0.6) is 0 Å². The van der Waals surface area contributed by atoms with Gasteiger partial charge in [-0.25, -0.2) is 13.6 Å². The van der Waals surface area contributed by atoms with Crippen LogP contribution in [0.4, 0.5) is 11.9 Å². The summed E-state index contributed by atoms with van der Waals surface area (Å²) in [5, 5.41) is 4.08. The highest BCUT2D eigenvalue weighted by Crippen LogP contribution is 2.21. The van der Waals surface area contributed by atoms with E-state index in [2.05, 4.69) is 15.0 Å². The highest BCUT2D eigenvalue weighted by Gasteiger charge is 2.38. The second-order valence-corrected chi connectivity index (χ2v) is 5.81. The lowest BCUT2D eigenvalue weighted by atomic mass is 10.4. The summed E-state index contributed by atoms with van der Waals surface area (Å²) in [5.41, 5.74) is 5.45. The van der Waals surface area contributed by atoms with Crippen LogP contribution in [0.1, 0.15) is 12.2 Å². The number of amides is 1. The summed E-state index contributed by atoms with van der Waals surface area (Å²) in [6.45, 7) is 1.53. The van der Waals surface area contributed by atoms with Crippen LogP contribution in [0.25, 0.3) is 0 Å². The standard InChI is InChI=1S/C8H12N6O3S/c1-4-11-7(9)13-8(12-4)14-3-5(2-6(14)15)18(10,16)17/h5H,2-3H2,1H3,(H2,10,16,17)(H2,9,11,12,13). The van der Waals surface area contributed by atoms with Crippen LogP contribution < -0.4 is 15.8 Å². The van der Waals surface area contributed by atoms with Crippen LogP contribution in [-0.2, 0) is 14.8 Å². The van der Waals surface area contributed by atoms with E-state index in [9.17, 15) is 13.2 Å². The van der Waals surface area contributed by atoms with E-state index in [0.717, 1.165) is 4.90 Å². The van der Waals surface area contributed by atoms with E-state index in [4.69, 9.17) is 10.9 Å². The van der Waals surface area contributed by atoms with Crippen molar-refractivity contribution in [3.63, 3.8) is 0 Å². The predicted molar refractivity (Wildman–Crippen MR) is 62.8 cm³/mol. The average Bonchev–Trinajstić information content (AvgIpc) is 2.58. The molecule has 0 saturated carbocycles. The molecule has 1 aromatic heterocycles. The lowest BCUT2D eigenvalue weighted by molar-refractivity contribution is -0.117. The number of nitrogens with two attached hydrogens (primary N) is 2. The third kappa shape index (κ3) is 2.38. The zero-order valence-electron chi connectivity index (χ0n) is 9.57. The molecule has 1 atom stereocenters. The van der Waals surface area contributed by atoms with Crippen molar-refractivity contribution in [3.05, 3.63) is 5.82 Å². The number of primary sulfonamides is 1. The minimum Gasteiger partial charge on any atom is -0.368 e. The molecule has 0 radical (unpaired) electrons. The van der Waals surface area contributed by atoms with E-state index in [1.807, 2.05) is 0 Å². The first-order chi connectivity index (χ1) is 8.27. The number of aryl methyl sites for hydroxylation is 1.